The average molecular weight is 320 g/mol. The van der Waals surface area contributed by atoms with E-state index in [-0.39, 0.29) is 18.4 Å². The van der Waals surface area contributed by atoms with Gasteiger partial charge in [0.05, 0.1) is 22.8 Å². The number of thiazole rings is 2. The van der Waals surface area contributed by atoms with Crippen molar-refractivity contribution in [3.05, 3.63) is 16.1 Å². The zero-order chi connectivity index (χ0) is 15.4. The van der Waals surface area contributed by atoms with Crippen LogP contribution in [0.25, 0.3) is 10.6 Å². The van der Waals surface area contributed by atoms with Crippen LogP contribution >= 0.6 is 22.7 Å². The molecule has 2 heterocycles. The molecule has 0 spiro atoms. The molecular formula is C13H12N4O2S2. The summed E-state index contributed by atoms with van der Waals surface area (Å²) < 4.78 is 0. The second-order valence-electron chi connectivity index (χ2n) is 4.04. The number of nitrogens with one attached hydrogen (secondary N) is 2. The Morgan fingerprint density at radius 1 is 1.43 bits per heavy atom. The topological polar surface area (TPSA) is 84.0 Å². The second kappa shape index (κ2) is 6.47. The zero-order valence-electron chi connectivity index (χ0n) is 11.4. The van der Waals surface area contributed by atoms with Crippen LogP contribution in [0, 0.1) is 19.3 Å². The van der Waals surface area contributed by atoms with Crippen molar-refractivity contribution >= 4 is 39.6 Å². The van der Waals surface area contributed by atoms with Crippen molar-refractivity contribution in [1.82, 2.24) is 15.3 Å². The van der Waals surface area contributed by atoms with E-state index in [9.17, 15) is 9.59 Å². The number of carbonyl (C=O) groups is 2. The van der Waals surface area contributed by atoms with Crippen LogP contribution < -0.4 is 10.6 Å². The summed E-state index contributed by atoms with van der Waals surface area (Å²) in [6, 6.07) is 0. The van der Waals surface area contributed by atoms with Gasteiger partial charge in [-0.1, -0.05) is 17.3 Å². The molecule has 0 saturated carbocycles. The van der Waals surface area contributed by atoms with Gasteiger partial charge in [-0.2, -0.15) is 0 Å². The van der Waals surface area contributed by atoms with E-state index in [4.69, 9.17) is 6.42 Å². The maximum Gasteiger partial charge on any atom is 0.281 e. The summed E-state index contributed by atoms with van der Waals surface area (Å²) in [6.07, 6.45) is 5.09. The van der Waals surface area contributed by atoms with E-state index in [0.717, 1.165) is 10.6 Å². The molecule has 0 fully saturated rings. The molecule has 0 aliphatic heterocycles. The summed E-state index contributed by atoms with van der Waals surface area (Å²) >= 11 is 2.56. The predicted molar refractivity (Wildman–Crippen MR) is 83.4 cm³/mol. The summed E-state index contributed by atoms with van der Waals surface area (Å²) in [5, 5.41) is 7.84. The molecule has 2 aromatic rings. The van der Waals surface area contributed by atoms with E-state index >= 15 is 0 Å². The molecule has 21 heavy (non-hydrogen) atoms. The number of nitrogens with zero attached hydrogens (tertiary/aromatic N) is 2. The van der Waals surface area contributed by atoms with Crippen LogP contribution in [0.2, 0.25) is 0 Å². The highest BCUT2D eigenvalue weighted by molar-refractivity contribution is 7.19. The monoisotopic (exact) mass is 320 g/mol. The molecule has 0 radical (unpaired) electrons. The Labute approximate surface area is 129 Å². The Morgan fingerprint density at radius 3 is 2.86 bits per heavy atom. The molecule has 0 saturated heterocycles. The second-order valence-corrected chi connectivity index (χ2v) is 5.90. The SMILES string of the molecule is C#CCNC(=O)c1nc(-c2sc(NC(C)=O)nc2C)cs1. The zero-order valence-corrected chi connectivity index (χ0v) is 13.0. The van der Waals surface area contributed by atoms with E-state index in [1.165, 1.54) is 29.6 Å². The quantitative estimate of drug-likeness (QED) is 0.843. The highest BCUT2D eigenvalue weighted by Crippen LogP contribution is 2.33. The fraction of sp³-hybridized carbons (Fsp3) is 0.231. The summed E-state index contributed by atoms with van der Waals surface area (Å²) in [7, 11) is 0. The number of amides is 2. The van der Waals surface area contributed by atoms with E-state index in [1.54, 1.807) is 5.38 Å². The number of hydrogen-bond donors (Lipinski definition) is 2. The van der Waals surface area contributed by atoms with Crippen LogP contribution in [0.15, 0.2) is 5.38 Å². The van der Waals surface area contributed by atoms with Crippen molar-refractivity contribution in [2.45, 2.75) is 13.8 Å². The number of carbonyl (C=O) groups excluding carboxylic acids is 2. The lowest BCUT2D eigenvalue weighted by atomic mass is 10.3. The van der Waals surface area contributed by atoms with Crippen molar-refractivity contribution in [1.29, 1.82) is 0 Å². The molecule has 2 aromatic heterocycles. The third-order valence-corrected chi connectivity index (χ3v) is 4.30. The molecule has 0 bridgehead atoms. The van der Waals surface area contributed by atoms with Crippen molar-refractivity contribution < 1.29 is 9.59 Å². The van der Waals surface area contributed by atoms with Gasteiger partial charge >= 0.3 is 0 Å². The summed E-state index contributed by atoms with van der Waals surface area (Å²) in [5.41, 5.74) is 1.42. The predicted octanol–water partition coefficient (Wildman–Crippen LogP) is 1.90. The maximum absolute atomic E-state index is 11.8. The normalized spacial score (nSPS) is 9.95. The molecule has 2 rings (SSSR count). The smallest absolute Gasteiger partial charge is 0.281 e. The molecule has 2 N–H and O–H groups in total. The summed E-state index contributed by atoms with van der Waals surface area (Å²) in [6.45, 7) is 3.42. The summed E-state index contributed by atoms with van der Waals surface area (Å²) in [4.78, 5) is 32.2. The van der Waals surface area contributed by atoms with E-state index < -0.39 is 0 Å². The van der Waals surface area contributed by atoms with Gasteiger partial charge in [0.2, 0.25) is 5.91 Å². The lowest BCUT2D eigenvalue weighted by Crippen LogP contribution is -2.23. The van der Waals surface area contributed by atoms with Crippen LogP contribution in [0.3, 0.4) is 0 Å². The third kappa shape index (κ3) is 3.65. The molecule has 0 aliphatic rings. The van der Waals surface area contributed by atoms with Gasteiger partial charge in [-0.15, -0.1) is 17.8 Å². The molecule has 0 aliphatic carbocycles. The Morgan fingerprint density at radius 2 is 2.19 bits per heavy atom. The lowest BCUT2D eigenvalue weighted by Gasteiger charge is -1.95. The number of terminal acetylenes is 1. The van der Waals surface area contributed by atoms with Crippen LogP contribution in [0.5, 0.6) is 0 Å². The van der Waals surface area contributed by atoms with Crippen LogP contribution in [0.1, 0.15) is 22.4 Å². The maximum atomic E-state index is 11.8. The Hall–Kier alpha value is -2.24. The number of rotatable bonds is 4. The molecule has 108 valence electrons. The standard InChI is InChI=1S/C13H12N4O2S2/c1-4-5-14-11(19)12-17-9(6-20-12)10-7(2)15-13(21-10)16-8(3)18/h1,6H,5H2,2-3H3,(H,14,19)(H,15,16,18). The van der Waals surface area contributed by atoms with Crippen molar-refractivity contribution in [3.8, 4) is 22.9 Å². The minimum absolute atomic E-state index is 0.167. The molecule has 8 heteroatoms. The van der Waals surface area contributed by atoms with Gasteiger partial charge in [-0.05, 0) is 6.92 Å². The van der Waals surface area contributed by atoms with Crippen LogP contribution in [-0.2, 0) is 4.79 Å². The van der Waals surface area contributed by atoms with Gasteiger partial charge in [-0.3, -0.25) is 9.59 Å². The van der Waals surface area contributed by atoms with Crippen molar-refractivity contribution in [2.24, 2.45) is 0 Å². The lowest BCUT2D eigenvalue weighted by molar-refractivity contribution is -0.114. The van der Waals surface area contributed by atoms with Crippen molar-refractivity contribution in [2.75, 3.05) is 11.9 Å². The molecular weight excluding hydrogens is 308 g/mol. The first-order valence-electron chi connectivity index (χ1n) is 5.94. The van der Waals surface area contributed by atoms with Gasteiger partial charge in [-0.25, -0.2) is 9.97 Å². The highest BCUT2D eigenvalue weighted by Gasteiger charge is 2.16. The Kier molecular flexibility index (Phi) is 4.67. The summed E-state index contributed by atoms with van der Waals surface area (Å²) in [5.74, 6) is 1.86. The average Bonchev–Trinajstić information content (AvgIpc) is 3.02. The molecule has 0 aromatic carbocycles. The Balaban J connectivity index is 2.21. The van der Waals surface area contributed by atoms with E-state index in [0.29, 0.717) is 15.8 Å². The van der Waals surface area contributed by atoms with Gasteiger partial charge in [0.15, 0.2) is 10.1 Å². The van der Waals surface area contributed by atoms with E-state index in [1.807, 2.05) is 6.92 Å². The number of aromatic nitrogens is 2. The van der Waals surface area contributed by atoms with E-state index in [2.05, 4.69) is 26.5 Å². The first-order chi connectivity index (χ1) is 10.0. The fourth-order valence-electron chi connectivity index (χ4n) is 1.53. The minimum atomic E-state index is -0.298. The molecule has 6 nitrogen and oxygen atoms in total. The number of anilines is 1. The number of aryl methyl sites for hydroxylation is 1. The Bertz CT molecular complexity index is 727. The first kappa shape index (κ1) is 15.2. The molecule has 0 unspecified atom stereocenters. The number of hydrogen-bond acceptors (Lipinski definition) is 6. The molecule has 0 atom stereocenters. The van der Waals surface area contributed by atoms with Crippen LogP contribution in [-0.4, -0.2) is 28.3 Å². The van der Waals surface area contributed by atoms with Crippen molar-refractivity contribution in [3.63, 3.8) is 0 Å². The first-order valence-corrected chi connectivity index (χ1v) is 7.63. The largest absolute Gasteiger partial charge is 0.339 e. The van der Waals surface area contributed by atoms with Crippen LogP contribution in [0.4, 0.5) is 5.13 Å². The van der Waals surface area contributed by atoms with Gasteiger partial charge < -0.3 is 10.6 Å². The fourth-order valence-corrected chi connectivity index (χ4v) is 3.30. The molecule has 2 amide bonds. The van der Waals surface area contributed by atoms with Gasteiger partial charge in [0, 0.05) is 12.3 Å². The highest BCUT2D eigenvalue weighted by atomic mass is 32.1. The third-order valence-electron chi connectivity index (χ3n) is 2.36. The minimum Gasteiger partial charge on any atom is -0.339 e. The van der Waals surface area contributed by atoms with Gasteiger partial charge in [0.25, 0.3) is 5.91 Å². The van der Waals surface area contributed by atoms with Gasteiger partial charge in [0.1, 0.15) is 0 Å².